The SMILES string of the molecule is COc1ccc(-n2nnc(C(O)c3c(C4CC4)sc4cncn34)c2F)cc1. The van der Waals surface area contributed by atoms with Crippen molar-refractivity contribution in [1.82, 2.24) is 24.4 Å². The molecule has 1 unspecified atom stereocenters. The highest BCUT2D eigenvalue weighted by atomic mass is 32.1. The van der Waals surface area contributed by atoms with Crippen molar-refractivity contribution in [3.8, 4) is 11.4 Å². The fourth-order valence-corrected chi connectivity index (χ4v) is 4.49. The number of benzene rings is 1. The lowest BCUT2D eigenvalue weighted by atomic mass is 10.1. The van der Waals surface area contributed by atoms with Crippen molar-refractivity contribution in [1.29, 1.82) is 0 Å². The monoisotopic (exact) mass is 385 g/mol. The van der Waals surface area contributed by atoms with Gasteiger partial charge in [-0.05, 0) is 43.0 Å². The predicted octanol–water partition coefficient (Wildman–Crippen LogP) is 3.08. The molecule has 9 heteroatoms. The summed E-state index contributed by atoms with van der Waals surface area (Å²) in [5.41, 5.74) is 1.04. The maximum atomic E-state index is 15.0. The van der Waals surface area contributed by atoms with E-state index in [2.05, 4.69) is 15.3 Å². The Hall–Kier alpha value is -2.78. The van der Waals surface area contributed by atoms with Crippen LogP contribution in [-0.2, 0) is 0 Å². The predicted molar refractivity (Wildman–Crippen MR) is 97.0 cm³/mol. The summed E-state index contributed by atoms with van der Waals surface area (Å²) in [5.74, 6) is 0.391. The van der Waals surface area contributed by atoms with Gasteiger partial charge in [0.05, 0.1) is 24.7 Å². The number of imidazole rings is 1. The fraction of sp³-hybridized carbons (Fsp3) is 0.278. The minimum atomic E-state index is -1.21. The summed E-state index contributed by atoms with van der Waals surface area (Å²) in [6.45, 7) is 0. The van der Waals surface area contributed by atoms with Gasteiger partial charge in [-0.1, -0.05) is 5.21 Å². The number of methoxy groups -OCH3 is 1. The Morgan fingerprint density at radius 1 is 1.30 bits per heavy atom. The zero-order chi connectivity index (χ0) is 18.5. The van der Waals surface area contributed by atoms with E-state index >= 15 is 4.39 Å². The summed E-state index contributed by atoms with van der Waals surface area (Å²) in [4.78, 5) is 6.12. The quantitative estimate of drug-likeness (QED) is 0.571. The molecule has 0 bridgehead atoms. The van der Waals surface area contributed by atoms with Crippen LogP contribution >= 0.6 is 11.3 Å². The first-order valence-corrected chi connectivity index (χ1v) is 9.37. The molecule has 0 spiro atoms. The van der Waals surface area contributed by atoms with E-state index in [0.29, 0.717) is 23.0 Å². The molecule has 0 amide bonds. The Balaban J connectivity index is 1.56. The van der Waals surface area contributed by atoms with E-state index in [4.69, 9.17) is 4.74 Å². The van der Waals surface area contributed by atoms with Crippen molar-refractivity contribution < 1.29 is 14.2 Å². The number of rotatable bonds is 5. The van der Waals surface area contributed by atoms with Gasteiger partial charge in [0.15, 0.2) is 5.69 Å². The van der Waals surface area contributed by atoms with Gasteiger partial charge < -0.3 is 9.84 Å². The molecule has 0 radical (unpaired) electrons. The van der Waals surface area contributed by atoms with Crippen LogP contribution in [0.2, 0.25) is 0 Å². The number of thiazole rings is 1. The molecule has 1 fully saturated rings. The molecular weight excluding hydrogens is 369 g/mol. The zero-order valence-electron chi connectivity index (χ0n) is 14.4. The lowest BCUT2D eigenvalue weighted by molar-refractivity contribution is 0.202. The molecule has 4 aromatic rings. The second kappa shape index (κ2) is 6.14. The molecule has 1 N–H and O–H groups in total. The Morgan fingerprint density at radius 3 is 2.78 bits per heavy atom. The van der Waals surface area contributed by atoms with Crippen LogP contribution in [0.3, 0.4) is 0 Å². The van der Waals surface area contributed by atoms with Crippen LogP contribution < -0.4 is 4.74 Å². The summed E-state index contributed by atoms with van der Waals surface area (Å²) < 4.78 is 23.0. The Bertz CT molecular complexity index is 1110. The number of fused-ring (bicyclic) bond motifs is 1. The van der Waals surface area contributed by atoms with Crippen LogP contribution in [0.15, 0.2) is 36.8 Å². The highest BCUT2D eigenvalue weighted by Crippen LogP contribution is 2.47. The van der Waals surface area contributed by atoms with Crippen molar-refractivity contribution in [3.05, 3.63) is 59.0 Å². The molecular formula is C18H16FN5O2S. The van der Waals surface area contributed by atoms with Gasteiger partial charge >= 0.3 is 0 Å². The molecule has 3 heterocycles. The molecule has 1 saturated carbocycles. The molecule has 1 aromatic carbocycles. The van der Waals surface area contributed by atoms with Gasteiger partial charge in [0.1, 0.15) is 23.0 Å². The fourth-order valence-electron chi connectivity index (χ4n) is 3.19. The molecule has 0 saturated heterocycles. The third-order valence-electron chi connectivity index (χ3n) is 4.75. The van der Waals surface area contributed by atoms with Crippen LogP contribution in [0.1, 0.15) is 41.1 Å². The van der Waals surface area contributed by atoms with Crippen molar-refractivity contribution in [2.75, 3.05) is 7.11 Å². The van der Waals surface area contributed by atoms with E-state index < -0.39 is 12.1 Å². The van der Waals surface area contributed by atoms with E-state index in [0.717, 1.165) is 27.2 Å². The van der Waals surface area contributed by atoms with E-state index in [1.807, 2.05) is 4.40 Å². The van der Waals surface area contributed by atoms with Crippen molar-refractivity contribution >= 4 is 16.2 Å². The van der Waals surface area contributed by atoms with Gasteiger partial charge in [-0.3, -0.25) is 4.40 Å². The van der Waals surface area contributed by atoms with E-state index in [1.54, 1.807) is 55.2 Å². The van der Waals surface area contributed by atoms with E-state index in [1.165, 1.54) is 0 Å². The van der Waals surface area contributed by atoms with Gasteiger partial charge in [-0.2, -0.15) is 9.07 Å². The number of aliphatic hydroxyl groups excluding tert-OH is 1. The average molecular weight is 385 g/mol. The molecule has 1 aliphatic rings. The number of halogens is 1. The smallest absolute Gasteiger partial charge is 0.242 e. The number of ether oxygens (including phenoxy) is 1. The van der Waals surface area contributed by atoms with Crippen LogP contribution in [0.4, 0.5) is 4.39 Å². The Morgan fingerprint density at radius 2 is 2.07 bits per heavy atom. The van der Waals surface area contributed by atoms with Crippen molar-refractivity contribution in [2.24, 2.45) is 0 Å². The molecule has 27 heavy (non-hydrogen) atoms. The number of aromatic nitrogens is 5. The normalized spacial score (nSPS) is 15.4. The first-order valence-electron chi connectivity index (χ1n) is 8.55. The number of hydrogen-bond donors (Lipinski definition) is 1. The lowest BCUT2D eigenvalue weighted by Crippen LogP contribution is -2.09. The molecule has 0 aliphatic heterocycles. The van der Waals surface area contributed by atoms with Gasteiger partial charge in [-0.25, -0.2) is 4.98 Å². The van der Waals surface area contributed by atoms with Gasteiger partial charge in [-0.15, -0.1) is 16.4 Å². The van der Waals surface area contributed by atoms with Gasteiger partial charge in [0, 0.05) is 4.88 Å². The largest absolute Gasteiger partial charge is 0.497 e. The molecule has 1 atom stereocenters. The molecule has 3 aromatic heterocycles. The third kappa shape index (κ3) is 2.62. The summed E-state index contributed by atoms with van der Waals surface area (Å²) >= 11 is 1.59. The highest BCUT2D eigenvalue weighted by Gasteiger charge is 2.35. The minimum absolute atomic E-state index is 0.0962. The summed E-state index contributed by atoms with van der Waals surface area (Å²) in [5, 5.41) is 18.8. The Labute approximate surface area is 157 Å². The molecule has 1 aliphatic carbocycles. The number of aliphatic hydroxyl groups is 1. The van der Waals surface area contributed by atoms with Gasteiger partial charge in [0.2, 0.25) is 5.95 Å². The summed E-state index contributed by atoms with van der Waals surface area (Å²) in [7, 11) is 1.56. The zero-order valence-corrected chi connectivity index (χ0v) is 15.2. The van der Waals surface area contributed by atoms with Crippen LogP contribution in [-0.4, -0.2) is 36.6 Å². The van der Waals surface area contributed by atoms with Crippen LogP contribution in [0, 0.1) is 5.95 Å². The maximum Gasteiger partial charge on any atom is 0.242 e. The first kappa shape index (κ1) is 16.4. The number of nitrogens with zero attached hydrogens (tertiary/aromatic N) is 5. The highest BCUT2D eigenvalue weighted by molar-refractivity contribution is 7.17. The Kier molecular flexibility index (Phi) is 3.73. The van der Waals surface area contributed by atoms with Crippen LogP contribution in [0.5, 0.6) is 5.75 Å². The van der Waals surface area contributed by atoms with Crippen molar-refractivity contribution in [3.63, 3.8) is 0 Å². The molecule has 138 valence electrons. The minimum Gasteiger partial charge on any atom is -0.497 e. The molecule has 5 rings (SSSR count). The van der Waals surface area contributed by atoms with Crippen molar-refractivity contribution in [2.45, 2.75) is 24.9 Å². The topological polar surface area (TPSA) is 77.5 Å². The molecule has 7 nitrogen and oxygen atoms in total. The van der Waals surface area contributed by atoms with Crippen LogP contribution in [0.25, 0.3) is 10.5 Å². The first-order chi connectivity index (χ1) is 13.2. The standard InChI is InChI=1S/C18H16FN5O2S/c1-26-12-6-4-11(5-7-12)24-18(19)14(21-22-24)16(25)15-17(10-2-3-10)27-13-8-20-9-23(13)15/h4-10,16,25H,2-3H2,1H3. The van der Waals surface area contributed by atoms with E-state index in [-0.39, 0.29) is 5.69 Å². The maximum absolute atomic E-state index is 15.0. The third-order valence-corrected chi connectivity index (χ3v) is 6.03. The summed E-state index contributed by atoms with van der Waals surface area (Å²) in [6.07, 6.45) is 4.34. The lowest BCUT2D eigenvalue weighted by Gasteiger charge is -2.10. The van der Waals surface area contributed by atoms with E-state index in [9.17, 15) is 5.11 Å². The summed E-state index contributed by atoms with van der Waals surface area (Å²) in [6, 6.07) is 6.79. The average Bonchev–Trinajstić information content (AvgIpc) is 3.14. The van der Waals surface area contributed by atoms with Gasteiger partial charge in [0.25, 0.3) is 0 Å². The second-order valence-corrected chi connectivity index (χ2v) is 7.57. The number of hydrogen-bond acceptors (Lipinski definition) is 6. The second-order valence-electron chi connectivity index (χ2n) is 6.51.